The summed E-state index contributed by atoms with van der Waals surface area (Å²) >= 11 is 0. The quantitative estimate of drug-likeness (QED) is 0.215. The molecule has 6 rings (SSSR count). The van der Waals surface area contributed by atoms with Gasteiger partial charge in [-0.3, -0.25) is 18.9 Å². The molecule has 1 aliphatic rings. The number of aromatic nitrogens is 4. The summed E-state index contributed by atoms with van der Waals surface area (Å²) in [6, 6.07) is 23.2. The average Bonchev–Trinajstić information content (AvgIpc) is 3.67. The Morgan fingerprint density at radius 1 is 0.977 bits per heavy atom. The van der Waals surface area contributed by atoms with E-state index in [9.17, 15) is 14.7 Å². The molecule has 44 heavy (non-hydrogen) atoms. The first-order valence-corrected chi connectivity index (χ1v) is 15.3. The number of H-pyrrole nitrogens is 1. The van der Waals surface area contributed by atoms with Crippen LogP contribution < -0.4 is 16.1 Å². The number of rotatable bonds is 10. The van der Waals surface area contributed by atoms with Crippen LogP contribution in [0.15, 0.2) is 86.9 Å². The van der Waals surface area contributed by atoms with Gasteiger partial charge < -0.3 is 9.84 Å². The van der Waals surface area contributed by atoms with Gasteiger partial charge in [-0.05, 0) is 66.6 Å². The van der Waals surface area contributed by atoms with Gasteiger partial charge in [-0.1, -0.05) is 74.0 Å². The lowest BCUT2D eigenvalue weighted by Gasteiger charge is -2.19. The Bertz CT molecular complexity index is 1850. The van der Waals surface area contributed by atoms with E-state index < -0.39 is 11.9 Å². The predicted molar refractivity (Wildman–Crippen MR) is 168 cm³/mol. The van der Waals surface area contributed by atoms with Gasteiger partial charge in [0.05, 0.1) is 17.5 Å². The van der Waals surface area contributed by atoms with Gasteiger partial charge in [0.25, 0.3) is 5.56 Å². The highest BCUT2D eigenvalue weighted by Crippen LogP contribution is 2.30. The molecule has 0 aliphatic heterocycles. The summed E-state index contributed by atoms with van der Waals surface area (Å²) in [5.41, 5.74) is 5.80. The normalized spacial score (nSPS) is 16.3. The Morgan fingerprint density at radius 3 is 2.36 bits per heavy atom. The average molecular weight is 593 g/mol. The van der Waals surface area contributed by atoms with Crippen molar-refractivity contribution in [3.05, 3.63) is 116 Å². The van der Waals surface area contributed by atoms with Crippen LogP contribution in [0.5, 0.6) is 5.75 Å². The van der Waals surface area contributed by atoms with Gasteiger partial charge in [0.1, 0.15) is 17.7 Å². The minimum Gasteiger partial charge on any atom is -0.488 e. The molecule has 2 aromatic heterocycles. The number of nitrogens with one attached hydrogen (secondary N) is 1. The van der Waals surface area contributed by atoms with E-state index in [1.165, 1.54) is 0 Å². The van der Waals surface area contributed by atoms with Crippen molar-refractivity contribution in [2.45, 2.75) is 71.0 Å². The number of hydrogen-bond acceptors (Lipinski definition) is 7. The maximum Gasteiger partial charge on any atom is 0.439 e. The second kappa shape index (κ2) is 12.9. The fourth-order valence-electron chi connectivity index (χ4n) is 5.96. The van der Waals surface area contributed by atoms with Gasteiger partial charge in [-0.25, -0.2) is 9.78 Å². The molecule has 5 aromatic rings. The minimum absolute atomic E-state index is 0.0652. The molecule has 3 aromatic carbocycles. The maximum atomic E-state index is 14.2. The topological polar surface area (TPSA) is 123 Å². The van der Waals surface area contributed by atoms with E-state index in [1.54, 1.807) is 4.57 Å². The Kier molecular flexibility index (Phi) is 8.56. The van der Waals surface area contributed by atoms with E-state index >= 15 is 0 Å². The number of aromatic amines is 1. The Balaban J connectivity index is 1.31. The smallest absolute Gasteiger partial charge is 0.439 e. The third kappa shape index (κ3) is 6.01. The molecule has 0 spiro atoms. The molecule has 1 unspecified atom stereocenters. The lowest BCUT2D eigenvalue weighted by Crippen LogP contribution is -2.29. The second-order valence-electron chi connectivity index (χ2n) is 11.2. The molecular formula is C35H36N4O5. The number of ether oxygens (including phenoxy) is 1. The highest BCUT2D eigenvalue weighted by molar-refractivity contribution is 5.80. The Morgan fingerprint density at radius 2 is 1.73 bits per heavy atom. The molecule has 2 atom stereocenters. The summed E-state index contributed by atoms with van der Waals surface area (Å²) in [7, 11) is 0. The van der Waals surface area contributed by atoms with Gasteiger partial charge in [-0.2, -0.15) is 0 Å². The lowest BCUT2D eigenvalue weighted by atomic mass is 9.96. The van der Waals surface area contributed by atoms with Crippen molar-refractivity contribution >= 4 is 0 Å². The minimum atomic E-state index is -0.602. The van der Waals surface area contributed by atoms with Crippen molar-refractivity contribution in [3.8, 4) is 34.0 Å². The van der Waals surface area contributed by atoms with Gasteiger partial charge in [0.15, 0.2) is 5.82 Å². The molecule has 226 valence electrons. The highest BCUT2D eigenvalue weighted by Gasteiger charge is 2.27. The van der Waals surface area contributed by atoms with Crippen molar-refractivity contribution in [1.29, 1.82) is 0 Å². The summed E-state index contributed by atoms with van der Waals surface area (Å²) < 4.78 is 12.4. The fourth-order valence-corrected chi connectivity index (χ4v) is 5.96. The fraction of sp³-hybridized carbons (Fsp3) is 0.314. The zero-order chi connectivity index (χ0) is 30.6. The van der Waals surface area contributed by atoms with Crippen LogP contribution in [0.3, 0.4) is 0 Å². The van der Waals surface area contributed by atoms with Crippen LogP contribution in [-0.4, -0.2) is 37.0 Å². The van der Waals surface area contributed by atoms with Crippen molar-refractivity contribution in [2.24, 2.45) is 0 Å². The van der Waals surface area contributed by atoms with Crippen LogP contribution in [0, 0.1) is 0 Å². The molecule has 2 N–H and O–H groups in total. The predicted octanol–water partition coefficient (Wildman–Crippen LogP) is 5.64. The largest absolute Gasteiger partial charge is 0.488 e. The molecule has 1 aliphatic carbocycles. The van der Waals surface area contributed by atoms with Crippen molar-refractivity contribution in [3.63, 3.8) is 0 Å². The van der Waals surface area contributed by atoms with Crippen molar-refractivity contribution < 1.29 is 14.4 Å². The van der Waals surface area contributed by atoms with E-state index in [0.717, 1.165) is 71.6 Å². The number of hydrogen-bond donors (Lipinski definition) is 2. The Labute approximate surface area is 255 Å². The first-order valence-electron chi connectivity index (χ1n) is 15.3. The maximum absolute atomic E-state index is 14.2. The van der Waals surface area contributed by atoms with Crippen LogP contribution in [0.2, 0.25) is 0 Å². The first-order chi connectivity index (χ1) is 21.4. The third-order valence-electron chi connectivity index (χ3n) is 8.20. The van der Waals surface area contributed by atoms with Crippen LogP contribution in [0.1, 0.15) is 62.2 Å². The summed E-state index contributed by atoms with van der Waals surface area (Å²) in [6.45, 7) is 4.11. The molecule has 0 radical (unpaired) electrons. The number of nitrogens with zero attached hydrogens (tertiary/aromatic N) is 3. The molecule has 9 nitrogen and oxygen atoms in total. The lowest BCUT2D eigenvalue weighted by molar-refractivity contribution is 0.0604. The Hall–Kier alpha value is -4.76. The zero-order valence-corrected chi connectivity index (χ0v) is 25.0. The standard InChI is InChI=1S/C35H36N4O5/c1-3-8-29-28(21-22-13-15-23(16-14-22)26-9-5-6-10-27(26)33-37-35(42)44-38-33)34(41)39(32(4-2)36-29)24-17-19-25(20-18-24)43-31-12-7-11-30(31)40/h5-6,9-10,13-20,30-31,40H,3-4,7-8,11-12,21H2,1-2H3,(H,37,38,42)/t30-,31?/m1/s1. The third-order valence-corrected chi connectivity index (χ3v) is 8.20. The van der Waals surface area contributed by atoms with Gasteiger partial charge >= 0.3 is 5.76 Å². The number of aliphatic hydroxyl groups is 1. The van der Waals surface area contributed by atoms with Crippen LogP contribution in [-0.2, 0) is 19.3 Å². The van der Waals surface area contributed by atoms with E-state index in [4.69, 9.17) is 14.2 Å². The number of aliphatic hydroxyl groups excluding tert-OH is 1. The van der Waals surface area contributed by atoms with E-state index in [1.807, 2.05) is 79.7 Å². The van der Waals surface area contributed by atoms with E-state index in [0.29, 0.717) is 30.0 Å². The molecule has 0 bridgehead atoms. The summed E-state index contributed by atoms with van der Waals surface area (Å²) in [5.74, 6) is 1.17. The van der Waals surface area contributed by atoms with Crippen molar-refractivity contribution in [1.82, 2.24) is 19.7 Å². The van der Waals surface area contributed by atoms with Gasteiger partial charge in [0, 0.05) is 24.0 Å². The molecular weight excluding hydrogens is 556 g/mol. The van der Waals surface area contributed by atoms with Gasteiger partial charge in [-0.15, -0.1) is 0 Å². The molecule has 1 fully saturated rings. The van der Waals surface area contributed by atoms with E-state index in [2.05, 4.69) is 17.1 Å². The second-order valence-corrected chi connectivity index (χ2v) is 11.2. The van der Waals surface area contributed by atoms with E-state index in [-0.39, 0.29) is 11.7 Å². The summed E-state index contributed by atoms with van der Waals surface area (Å²) in [5, 5.41) is 14.0. The molecule has 1 saturated carbocycles. The van der Waals surface area contributed by atoms with Crippen LogP contribution in [0.4, 0.5) is 0 Å². The highest BCUT2D eigenvalue weighted by atomic mass is 16.5. The van der Waals surface area contributed by atoms with Gasteiger partial charge in [0.2, 0.25) is 0 Å². The molecule has 2 heterocycles. The van der Waals surface area contributed by atoms with Crippen molar-refractivity contribution in [2.75, 3.05) is 0 Å². The number of benzene rings is 3. The monoisotopic (exact) mass is 592 g/mol. The SMILES string of the molecule is CCCc1nc(CC)n(-c2ccc(OC3CCC[C@H]3O)cc2)c(=O)c1Cc1ccc(-c2ccccc2-c2noc(=O)[nH]2)cc1. The molecule has 9 heteroatoms. The zero-order valence-electron chi connectivity index (χ0n) is 25.0. The first kappa shape index (κ1) is 29.3. The number of aryl methyl sites for hydroxylation is 2. The molecule has 0 saturated heterocycles. The van der Waals surface area contributed by atoms with Crippen LogP contribution >= 0.6 is 0 Å². The molecule has 0 amide bonds. The van der Waals surface area contributed by atoms with Crippen LogP contribution in [0.25, 0.3) is 28.2 Å². The summed E-state index contributed by atoms with van der Waals surface area (Å²) in [4.78, 5) is 33.3. The summed E-state index contributed by atoms with van der Waals surface area (Å²) in [6.07, 6.45) is 4.59.